The average molecular weight is 212 g/mol. The van der Waals surface area contributed by atoms with Gasteiger partial charge in [0.25, 0.3) is 0 Å². The lowest BCUT2D eigenvalue weighted by Gasteiger charge is -2.42. The highest BCUT2D eigenvalue weighted by Gasteiger charge is 2.33. The summed E-state index contributed by atoms with van der Waals surface area (Å²) in [7, 11) is 0. The molecule has 2 rings (SSSR count). The second-order valence-corrected chi connectivity index (χ2v) is 4.91. The Hall–Kier alpha value is -0.120. The standard InChI is InChI=1S/C12H24N2O/c1-3-10(2)12-8-13-5-6-14(12)11-4-7-15-9-11/h10-13H,3-9H2,1-2H3. The van der Waals surface area contributed by atoms with E-state index in [-0.39, 0.29) is 0 Å². The molecule has 3 heteroatoms. The van der Waals surface area contributed by atoms with Crippen LogP contribution in [0.2, 0.25) is 0 Å². The Labute approximate surface area is 93.2 Å². The molecule has 3 unspecified atom stereocenters. The lowest BCUT2D eigenvalue weighted by molar-refractivity contribution is 0.0612. The molecule has 0 aromatic heterocycles. The van der Waals surface area contributed by atoms with Crippen LogP contribution in [0.15, 0.2) is 0 Å². The van der Waals surface area contributed by atoms with Crippen molar-refractivity contribution in [1.29, 1.82) is 0 Å². The predicted octanol–water partition coefficient (Wildman–Crippen LogP) is 1.10. The van der Waals surface area contributed by atoms with Crippen LogP contribution in [-0.4, -0.2) is 49.8 Å². The van der Waals surface area contributed by atoms with E-state index in [1.165, 1.54) is 19.4 Å². The predicted molar refractivity (Wildman–Crippen MR) is 62.0 cm³/mol. The van der Waals surface area contributed by atoms with E-state index in [0.717, 1.165) is 38.3 Å². The van der Waals surface area contributed by atoms with Crippen LogP contribution in [0.3, 0.4) is 0 Å². The number of piperazine rings is 1. The zero-order valence-electron chi connectivity index (χ0n) is 10.0. The number of hydrogen-bond acceptors (Lipinski definition) is 3. The smallest absolute Gasteiger partial charge is 0.0622 e. The molecular weight excluding hydrogens is 188 g/mol. The SMILES string of the molecule is CCC(C)C1CNCCN1C1CCOC1. The molecule has 1 N–H and O–H groups in total. The van der Waals surface area contributed by atoms with Gasteiger partial charge in [-0.3, -0.25) is 4.90 Å². The molecule has 0 aromatic carbocycles. The minimum atomic E-state index is 0.686. The summed E-state index contributed by atoms with van der Waals surface area (Å²) in [5, 5.41) is 3.52. The molecule has 0 amide bonds. The number of hydrogen-bond donors (Lipinski definition) is 1. The minimum Gasteiger partial charge on any atom is -0.380 e. The first-order valence-electron chi connectivity index (χ1n) is 6.37. The third-order valence-corrected chi connectivity index (χ3v) is 4.00. The van der Waals surface area contributed by atoms with Crippen molar-refractivity contribution in [3.8, 4) is 0 Å². The molecular formula is C12H24N2O. The van der Waals surface area contributed by atoms with E-state index in [2.05, 4.69) is 24.1 Å². The first-order chi connectivity index (χ1) is 7.33. The Kier molecular flexibility index (Phi) is 4.00. The summed E-state index contributed by atoms with van der Waals surface area (Å²) in [6, 6.07) is 1.40. The maximum Gasteiger partial charge on any atom is 0.0622 e. The lowest BCUT2D eigenvalue weighted by Crippen LogP contribution is -2.57. The summed E-state index contributed by atoms with van der Waals surface area (Å²) in [5.74, 6) is 0.790. The highest BCUT2D eigenvalue weighted by atomic mass is 16.5. The second-order valence-electron chi connectivity index (χ2n) is 4.91. The Balaban J connectivity index is 1.98. The van der Waals surface area contributed by atoms with E-state index in [1.54, 1.807) is 0 Å². The van der Waals surface area contributed by atoms with Gasteiger partial charge in [0.1, 0.15) is 0 Å². The fourth-order valence-corrected chi connectivity index (χ4v) is 2.78. The Morgan fingerprint density at radius 2 is 2.40 bits per heavy atom. The Morgan fingerprint density at radius 3 is 3.07 bits per heavy atom. The van der Waals surface area contributed by atoms with Gasteiger partial charge >= 0.3 is 0 Å². The monoisotopic (exact) mass is 212 g/mol. The normalized spacial score (nSPS) is 35.6. The fourth-order valence-electron chi connectivity index (χ4n) is 2.78. The van der Waals surface area contributed by atoms with Gasteiger partial charge in [-0.2, -0.15) is 0 Å². The third kappa shape index (κ3) is 2.52. The van der Waals surface area contributed by atoms with Crippen molar-refractivity contribution in [2.45, 2.75) is 38.8 Å². The van der Waals surface area contributed by atoms with Gasteiger partial charge in [-0.15, -0.1) is 0 Å². The van der Waals surface area contributed by atoms with Crippen LogP contribution in [0.25, 0.3) is 0 Å². The van der Waals surface area contributed by atoms with E-state index in [0.29, 0.717) is 6.04 Å². The van der Waals surface area contributed by atoms with Gasteiger partial charge in [0.2, 0.25) is 0 Å². The largest absolute Gasteiger partial charge is 0.380 e. The first-order valence-corrected chi connectivity index (χ1v) is 6.37. The molecule has 0 bridgehead atoms. The molecule has 2 aliphatic heterocycles. The highest BCUT2D eigenvalue weighted by Crippen LogP contribution is 2.22. The van der Waals surface area contributed by atoms with Crippen molar-refractivity contribution in [3.63, 3.8) is 0 Å². The molecule has 2 fully saturated rings. The van der Waals surface area contributed by atoms with Crippen molar-refractivity contribution in [2.75, 3.05) is 32.8 Å². The van der Waals surface area contributed by atoms with Gasteiger partial charge < -0.3 is 10.1 Å². The molecule has 88 valence electrons. The topological polar surface area (TPSA) is 24.5 Å². The van der Waals surface area contributed by atoms with Crippen molar-refractivity contribution in [3.05, 3.63) is 0 Å². The minimum absolute atomic E-state index is 0.686. The molecule has 2 aliphatic rings. The average Bonchev–Trinajstić information content (AvgIpc) is 2.81. The van der Waals surface area contributed by atoms with Crippen LogP contribution < -0.4 is 5.32 Å². The van der Waals surface area contributed by atoms with Gasteiger partial charge in [-0.25, -0.2) is 0 Å². The Bertz CT molecular complexity index is 192. The van der Waals surface area contributed by atoms with E-state index in [9.17, 15) is 0 Å². The van der Waals surface area contributed by atoms with E-state index >= 15 is 0 Å². The summed E-state index contributed by atoms with van der Waals surface area (Å²) < 4.78 is 5.51. The zero-order chi connectivity index (χ0) is 10.7. The van der Waals surface area contributed by atoms with E-state index in [1.807, 2.05) is 0 Å². The maximum absolute atomic E-state index is 5.51. The van der Waals surface area contributed by atoms with E-state index in [4.69, 9.17) is 4.74 Å². The second kappa shape index (κ2) is 5.28. The van der Waals surface area contributed by atoms with Gasteiger partial charge in [0.05, 0.1) is 6.61 Å². The number of nitrogens with one attached hydrogen (secondary N) is 1. The summed E-state index contributed by atoms with van der Waals surface area (Å²) >= 11 is 0. The Morgan fingerprint density at radius 1 is 1.53 bits per heavy atom. The first kappa shape index (κ1) is 11.4. The number of ether oxygens (including phenoxy) is 1. The molecule has 0 aliphatic carbocycles. The summed E-state index contributed by atoms with van der Waals surface area (Å²) in [5.41, 5.74) is 0. The van der Waals surface area contributed by atoms with Crippen LogP contribution in [0, 0.1) is 5.92 Å². The summed E-state index contributed by atoms with van der Waals surface area (Å²) in [6.45, 7) is 10.1. The quantitative estimate of drug-likeness (QED) is 0.758. The lowest BCUT2D eigenvalue weighted by atomic mass is 9.94. The maximum atomic E-state index is 5.51. The molecule has 2 heterocycles. The molecule has 3 nitrogen and oxygen atoms in total. The van der Waals surface area contributed by atoms with Gasteiger partial charge in [0.15, 0.2) is 0 Å². The number of rotatable bonds is 3. The fraction of sp³-hybridized carbons (Fsp3) is 1.00. The summed E-state index contributed by atoms with van der Waals surface area (Å²) in [4.78, 5) is 2.69. The van der Waals surface area contributed by atoms with Crippen molar-refractivity contribution in [1.82, 2.24) is 10.2 Å². The van der Waals surface area contributed by atoms with E-state index < -0.39 is 0 Å². The molecule has 0 spiro atoms. The van der Waals surface area contributed by atoms with Crippen molar-refractivity contribution in [2.24, 2.45) is 5.92 Å². The van der Waals surface area contributed by atoms with Crippen molar-refractivity contribution >= 4 is 0 Å². The molecule has 3 atom stereocenters. The highest BCUT2D eigenvalue weighted by molar-refractivity contribution is 4.89. The van der Waals surface area contributed by atoms with Crippen LogP contribution in [-0.2, 0) is 4.74 Å². The molecule has 15 heavy (non-hydrogen) atoms. The van der Waals surface area contributed by atoms with Gasteiger partial charge in [-0.1, -0.05) is 20.3 Å². The molecule has 2 saturated heterocycles. The summed E-state index contributed by atoms with van der Waals surface area (Å²) in [6.07, 6.45) is 2.50. The van der Waals surface area contributed by atoms with Crippen LogP contribution in [0.5, 0.6) is 0 Å². The molecule has 0 aromatic rings. The molecule has 0 radical (unpaired) electrons. The molecule has 0 saturated carbocycles. The van der Waals surface area contributed by atoms with Gasteiger partial charge in [-0.05, 0) is 12.3 Å². The van der Waals surface area contributed by atoms with Crippen molar-refractivity contribution < 1.29 is 4.74 Å². The van der Waals surface area contributed by atoms with Crippen LogP contribution in [0.1, 0.15) is 26.7 Å². The van der Waals surface area contributed by atoms with Gasteiger partial charge in [0, 0.05) is 38.3 Å². The zero-order valence-corrected chi connectivity index (χ0v) is 10.0. The third-order valence-electron chi connectivity index (χ3n) is 4.00. The van der Waals surface area contributed by atoms with Crippen LogP contribution >= 0.6 is 0 Å². The number of nitrogens with zero attached hydrogens (tertiary/aromatic N) is 1. The van der Waals surface area contributed by atoms with Crippen LogP contribution in [0.4, 0.5) is 0 Å².